The number of nitrogens with two attached hydrogens (primary N) is 2. The number of phenolic OH excluding ortho intramolecular Hbond substituents is 1. The van der Waals surface area contributed by atoms with Gasteiger partial charge in [-0.1, -0.05) is 131 Å². The second-order valence-corrected chi connectivity index (χ2v) is 24.7. The molecule has 9 amide bonds. The van der Waals surface area contributed by atoms with Gasteiger partial charge in [-0.2, -0.15) is 0 Å². The Hall–Kier alpha value is -10.2. The topological polar surface area (TPSA) is 429 Å². The maximum Gasteiger partial charge on any atom is 0.326 e. The Morgan fingerprint density at radius 1 is 0.521 bits per heavy atom. The predicted octanol–water partition coefficient (Wildman–Crippen LogP) is 2.63. The number of hydrogen-bond acceptors (Lipinski definition) is 15. The maximum atomic E-state index is 14.1. The lowest BCUT2D eigenvalue weighted by Gasteiger charge is -2.29. The molecule has 0 radical (unpaired) electrons. The summed E-state index contributed by atoms with van der Waals surface area (Å²) in [6.45, 7) is 10.0. The number of carboxylic acids is 1. The molecule has 0 aliphatic heterocycles. The van der Waals surface area contributed by atoms with Crippen LogP contribution in [0.1, 0.15) is 95.0 Å². The number of aromatic hydroxyl groups is 1. The lowest BCUT2D eigenvalue weighted by Crippen LogP contribution is -2.61. The predicted molar refractivity (Wildman–Crippen MR) is 358 cm³/mol. The number of H-pyrrole nitrogens is 1. The lowest BCUT2D eigenvalue weighted by molar-refractivity contribution is -0.142. The average molecular weight is 1320 g/mol. The van der Waals surface area contributed by atoms with E-state index in [0.29, 0.717) is 34.3 Å². The molecule has 0 unspecified atom stereocenters. The summed E-state index contributed by atoms with van der Waals surface area (Å²) in [5, 5.41) is 64.9. The number of carbonyl (C=O) groups is 10. The van der Waals surface area contributed by atoms with Crippen LogP contribution in [0.15, 0.2) is 126 Å². The van der Waals surface area contributed by atoms with Crippen LogP contribution in [-0.4, -0.2) is 152 Å². The van der Waals surface area contributed by atoms with E-state index in [0.717, 1.165) is 32.8 Å². The van der Waals surface area contributed by atoms with Crippen LogP contribution in [0.25, 0.3) is 32.8 Å². The summed E-state index contributed by atoms with van der Waals surface area (Å²) in [6.07, 6.45) is -1.32. The van der Waals surface area contributed by atoms with Gasteiger partial charge in [-0.25, -0.2) is 4.79 Å². The van der Waals surface area contributed by atoms with Crippen molar-refractivity contribution in [2.45, 2.75) is 160 Å². The van der Waals surface area contributed by atoms with Gasteiger partial charge in [-0.05, 0) is 97.4 Å². The molecule has 2 heterocycles. The van der Waals surface area contributed by atoms with Crippen molar-refractivity contribution in [3.8, 4) is 5.75 Å². The van der Waals surface area contributed by atoms with Gasteiger partial charge in [0.1, 0.15) is 59.2 Å². The normalized spacial score (nSPS) is 14.9. The highest BCUT2D eigenvalue weighted by Gasteiger charge is 2.37. The van der Waals surface area contributed by atoms with Gasteiger partial charge in [0.25, 0.3) is 0 Å². The molecule has 26 nitrogen and oxygen atoms in total. The molecule has 0 fully saturated rings. The van der Waals surface area contributed by atoms with E-state index in [-0.39, 0.29) is 63.2 Å². The number of phenols is 1. The Balaban J connectivity index is 0.973. The number of carbonyl (C=O) groups excluding carboxylic acids is 9. The quantitative estimate of drug-likeness (QED) is 0.0271. The molecular weight excluding hydrogens is 1230 g/mol. The number of aliphatic hydroxyl groups is 2. The molecule has 0 bridgehead atoms. The number of nitrogens with one attached hydrogen (secondary N) is 9. The number of amides is 9. The largest absolute Gasteiger partial charge is 0.508 e. The van der Waals surface area contributed by atoms with Crippen molar-refractivity contribution < 1.29 is 72.8 Å². The van der Waals surface area contributed by atoms with E-state index in [1.807, 2.05) is 69.3 Å². The molecule has 17 N–H and O–H groups in total. The third-order valence-corrected chi connectivity index (χ3v) is 16.7. The number of rotatable bonds is 35. The second-order valence-electron chi connectivity index (χ2n) is 24.7. The first-order valence-corrected chi connectivity index (χ1v) is 32.0. The number of benzene rings is 5. The van der Waals surface area contributed by atoms with Gasteiger partial charge in [0, 0.05) is 53.7 Å². The highest BCUT2D eigenvalue weighted by Crippen LogP contribution is 2.34. The van der Waals surface area contributed by atoms with Crippen molar-refractivity contribution in [3.05, 3.63) is 149 Å². The SMILES string of the molecule is CC[C@@H](C)[C@H](NC(=O)[C@@H](NC(=O)[C@H](CC(C)C)NC(=O)[C@@H](N)Cc1c[nH]c2ccccc12)[C@H](C)O)C(=O)NCCc1cccc2c1oc1c(CCC(=O)N[C@H](C(=O)N[C@@H](Cc3ccc(O)cc3)C(=O)N[C@@H](CC(N)=O)C(=O)N[C@@H](Cc3ccccc3)C(=O)O)[C@H](C)O)cccc12. The Bertz CT molecular complexity index is 3890. The van der Waals surface area contributed by atoms with Crippen molar-refractivity contribution in [2.75, 3.05) is 6.54 Å². The van der Waals surface area contributed by atoms with Gasteiger partial charge in [0.05, 0.1) is 24.7 Å². The fourth-order valence-electron chi connectivity index (χ4n) is 11.2. The summed E-state index contributed by atoms with van der Waals surface area (Å²) in [7, 11) is 0. The summed E-state index contributed by atoms with van der Waals surface area (Å²) in [6, 6.07) is 21.4. The van der Waals surface area contributed by atoms with Crippen molar-refractivity contribution in [2.24, 2.45) is 23.3 Å². The van der Waals surface area contributed by atoms with Crippen LogP contribution < -0.4 is 54.0 Å². The lowest BCUT2D eigenvalue weighted by atomic mass is 9.97. The molecule has 0 aliphatic rings. The first kappa shape index (κ1) is 73.2. The first-order chi connectivity index (χ1) is 45.7. The van der Waals surface area contributed by atoms with Crippen LogP contribution in [0.5, 0.6) is 5.75 Å². The number of carboxylic acid groups (broad SMARTS) is 1. The van der Waals surface area contributed by atoms with Crippen molar-refractivity contribution in [1.29, 1.82) is 0 Å². The van der Waals surface area contributed by atoms with Crippen molar-refractivity contribution >= 4 is 92.0 Å². The number of fused-ring (bicyclic) bond motifs is 4. The van der Waals surface area contributed by atoms with Crippen LogP contribution in [0.3, 0.4) is 0 Å². The van der Waals surface area contributed by atoms with E-state index in [9.17, 15) is 68.4 Å². The molecule has 0 saturated carbocycles. The minimum Gasteiger partial charge on any atom is -0.508 e. The van der Waals surface area contributed by atoms with E-state index >= 15 is 0 Å². The van der Waals surface area contributed by atoms with E-state index in [1.54, 1.807) is 55.6 Å². The Labute approximate surface area is 554 Å². The molecule has 0 saturated heterocycles. The molecule has 11 atom stereocenters. The summed E-state index contributed by atoms with van der Waals surface area (Å²) >= 11 is 0. The highest BCUT2D eigenvalue weighted by molar-refractivity contribution is 6.07. The molecule has 0 spiro atoms. The number of para-hydroxylation sites is 3. The summed E-state index contributed by atoms with van der Waals surface area (Å²) in [5.41, 5.74) is 16.8. The van der Waals surface area contributed by atoms with E-state index in [2.05, 4.69) is 47.5 Å². The molecule has 5 aromatic carbocycles. The minimum atomic E-state index is -1.71. The summed E-state index contributed by atoms with van der Waals surface area (Å²) in [4.78, 5) is 139. The number of aromatic amines is 1. The zero-order valence-corrected chi connectivity index (χ0v) is 54.5. The van der Waals surface area contributed by atoms with Gasteiger partial charge in [0.2, 0.25) is 53.2 Å². The zero-order valence-electron chi connectivity index (χ0n) is 54.5. The number of aliphatic hydroxyl groups excluding tert-OH is 2. The highest BCUT2D eigenvalue weighted by atomic mass is 16.4. The van der Waals surface area contributed by atoms with Gasteiger partial charge in [-0.3, -0.25) is 43.2 Å². The average Bonchev–Trinajstić information content (AvgIpc) is 1.62. The molecule has 512 valence electrons. The van der Waals surface area contributed by atoms with E-state index < -0.39 is 132 Å². The first-order valence-electron chi connectivity index (χ1n) is 32.0. The fraction of sp³-hybridized carbons (Fsp3) is 0.400. The Kier molecular flexibility index (Phi) is 26.2. The molecular formula is C70H87N11O15. The minimum absolute atomic E-state index is 0.0745. The number of primary amides is 1. The van der Waals surface area contributed by atoms with Crippen LogP contribution in [-0.2, 0) is 80.0 Å². The van der Waals surface area contributed by atoms with Gasteiger partial charge < -0.3 is 83.8 Å². The van der Waals surface area contributed by atoms with Crippen molar-refractivity contribution in [3.63, 3.8) is 0 Å². The number of hydrogen-bond donors (Lipinski definition) is 15. The van der Waals surface area contributed by atoms with Crippen LogP contribution >= 0.6 is 0 Å². The second kappa shape index (κ2) is 34.3. The molecule has 96 heavy (non-hydrogen) atoms. The zero-order chi connectivity index (χ0) is 69.9. The number of furan rings is 1. The van der Waals surface area contributed by atoms with E-state index in [4.69, 9.17) is 15.9 Å². The third kappa shape index (κ3) is 20.2. The van der Waals surface area contributed by atoms with Crippen LogP contribution in [0.2, 0.25) is 0 Å². The molecule has 2 aromatic heterocycles. The fourth-order valence-corrected chi connectivity index (χ4v) is 11.2. The van der Waals surface area contributed by atoms with Gasteiger partial charge in [-0.15, -0.1) is 0 Å². The molecule has 0 aliphatic carbocycles. The summed E-state index contributed by atoms with van der Waals surface area (Å²) < 4.78 is 6.52. The maximum absolute atomic E-state index is 14.1. The van der Waals surface area contributed by atoms with Crippen LogP contribution in [0, 0.1) is 11.8 Å². The number of aliphatic carboxylic acids is 1. The Morgan fingerprint density at radius 3 is 1.66 bits per heavy atom. The van der Waals surface area contributed by atoms with Crippen molar-refractivity contribution in [1.82, 2.24) is 47.5 Å². The molecule has 26 heteroatoms. The van der Waals surface area contributed by atoms with Crippen LogP contribution in [0.4, 0.5) is 0 Å². The summed E-state index contributed by atoms with van der Waals surface area (Å²) in [5.74, 6) is -9.38. The number of aryl methyl sites for hydroxylation is 1. The Morgan fingerprint density at radius 2 is 1.04 bits per heavy atom. The standard InChI is InChI=1S/C70H87N11O15/c1-7-38(4)58(80-69(93)60(40(6)83)81-66(90)52(31-37(2)3)75-63(87)50(71)34-45-36-74-51-22-12-11-19-47(45)51)67(91)73-30-29-44-18-14-21-49-48-20-13-17-43(61(48)96-62(44)49)25-28-57(86)79-59(39(5)82)68(92)77-53(32-42-23-26-46(84)27-24-42)64(88)76-54(35-56(72)85)65(89)78-55(70(94)95)33-41-15-9-8-10-16-41/h8-24,26-27,36-40,50,52-55,58-60,74,82-84H,7,25,28-35,71H2,1-6H3,(H2,72,85)(H,73,91)(H,75,87)(H,76,88)(H,77,92)(H,78,89)(H,79,86)(H,80,93)(H,81,90)(H,94,95)/t38-,39+,40+,50+,52+,53+,54+,55+,58+,59+,60+/m1/s1. The van der Waals surface area contributed by atoms with E-state index in [1.165, 1.54) is 38.1 Å². The smallest absolute Gasteiger partial charge is 0.326 e. The molecule has 7 aromatic rings. The van der Waals surface area contributed by atoms with Gasteiger partial charge >= 0.3 is 5.97 Å². The third-order valence-electron chi connectivity index (χ3n) is 16.7. The molecule has 7 rings (SSSR count). The van der Waals surface area contributed by atoms with Gasteiger partial charge in [0.15, 0.2) is 0 Å². The monoisotopic (exact) mass is 1320 g/mol. The number of aromatic nitrogens is 1.